The van der Waals surface area contributed by atoms with E-state index in [1.54, 1.807) is 42.2 Å². The first-order chi connectivity index (χ1) is 16.9. The van der Waals surface area contributed by atoms with Gasteiger partial charge in [-0.25, -0.2) is 23.1 Å². The molecule has 190 valence electrons. The van der Waals surface area contributed by atoms with Gasteiger partial charge in [0.1, 0.15) is 5.75 Å². The number of rotatable bonds is 10. The number of ether oxygens (including phenoxy) is 1. The van der Waals surface area contributed by atoms with Gasteiger partial charge in [0, 0.05) is 51.0 Å². The number of thiol groups is 1. The van der Waals surface area contributed by atoms with Gasteiger partial charge in [-0.3, -0.25) is 0 Å². The summed E-state index contributed by atoms with van der Waals surface area (Å²) in [5, 5.41) is 19.7. The number of aromatic nitrogens is 4. The highest BCUT2D eigenvalue weighted by Crippen LogP contribution is 2.28. The number of nitrogens with one attached hydrogen (secondary N) is 1. The average molecular weight is 504 g/mol. The normalized spacial score (nSPS) is 19.5. The van der Waals surface area contributed by atoms with E-state index in [0.29, 0.717) is 24.1 Å². The molecule has 0 aliphatic heterocycles. The molecule has 2 aromatic heterocycles. The molecule has 2 heterocycles. The number of aliphatic hydroxyl groups excluding tert-OH is 1. The van der Waals surface area contributed by atoms with Gasteiger partial charge in [0.25, 0.3) is 0 Å². The Morgan fingerprint density at radius 3 is 2.69 bits per heavy atom. The van der Waals surface area contributed by atoms with Crippen molar-refractivity contribution in [2.75, 3.05) is 32.6 Å². The SMILES string of the molecule is CC(CO)COc1cccc2c1cnn2-c1ccnc(NC2CCC(N(N(C)C)[SH](=O)=O)CC2)n1. The number of benzene rings is 1. The molecule has 1 aliphatic rings. The molecule has 1 aromatic carbocycles. The zero-order valence-electron chi connectivity index (χ0n) is 20.2. The highest BCUT2D eigenvalue weighted by atomic mass is 32.2. The van der Waals surface area contributed by atoms with E-state index in [0.717, 1.165) is 36.6 Å². The van der Waals surface area contributed by atoms with Gasteiger partial charge in [0.05, 0.1) is 23.7 Å². The van der Waals surface area contributed by atoms with E-state index >= 15 is 0 Å². The van der Waals surface area contributed by atoms with Crippen LogP contribution in [-0.4, -0.2) is 82.1 Å². The molecule has 11 nitrogen and oxygen atoms in total. The summed E-state index contributed by atoms with van der Waals surface area (Å²) in [4.78, 5) is 9.06. The van der Waals surface area contributed by atoms with Crippen LogP contribution in [0.5, 0.6) is 5.75 Å². The molecular weight excluding hydrogens is 470 g/mol. The minimum absolute atomic E-state index is 0.0244. The van der Waals surface area contributed by atoms with Gasteiger partial charge in [-0.05, 0) is 37.8 Å². The molecule has 1 unspecified atom stereocenters. The zero-order chi connectivity index (χ0) is 24.9. The van der Waals surface area contributed by atoms with Crippen molar-refractivity contribution >= 4 is 27.7 Å². The van der Waals surface area contributed by atoms with Gasteiger partial charge in [0.2, 0.25) is 16.8 Å². The Labute approximate surface area is 206 Å². The Hall–Kier alpha value is -2.80. The molecule has 35 heavy (non-hydrogen) atoms. The highest BCUT2D eigenvalue weighted by Gasteiger charge is 2.29. The van der Waals surface area contributed by atoms with Crippen LogP contribution in [0.4, 0.5) is 5.95 Å². The van der Waals surface area contributed by atoms with Crippen molar-refractivity contribution in [1.82, 2.24) is 29.2 Å². The summed E-state index contributed by atoms with van der Waals surface area (Å²) in [6.45, 7) is 2.41. The van der Waals surface area contributed by atoms with E-state index in [2.05, 4.69) is 20.4 Å². The molecular formula is C23H33N7O4S. The molecule has 1 saturated carbocycles. The molecule has 4 rings (SSSR count). The predicted molar refractivity (Wildman–Crippen MR) is 134 cm³/mol. The summed E-state index contributed by atoms with van der Waals surface area (Å²) < 4.78 is 32.3. The Morgan fingerprint density at radius 2 is 2.00 bits per heavy atom. The summed E-state index contributed by atoms with van der Waals surface area (Å²) in [5.41, 5.74) is 0.861. The molecule has 3 aromatic rings. The number of aliphatic hydroxyl groups is 1. The Balaban J connectivity index is 1.45. The van der Waals surface area contributed by atoms with Gasteiger partial charge in [-0.2, -0.15) is 10.1 Å². The minimum atomic E-state index is -2.65. The van der Waals surface area contributed by atoms with Crippen molar-refractivity contribution < 1.29 is 18.3 Å². The summed E-state index contributed by atoms with van der Waals surface area (Å²) in [6, 6.07) is 7.70. The zero-order valence-corrected chi connectivity index (χ0v) is 21.1. The van der Waals surface area contributed by atoms with Crippen molar-refractivity contribution in [1.29, 1.82) is 0 Å². The van der Waals surface area contributed by atoms with Crippen molar-refractivity contribution in [3.05, 3.63) is 36.7 Å². The molecule has 12 heteroatoms. The number of hydrogen-bond donors (Lipinski definition) is 3. The number of nitrogens with zero attached hydrogens (tertiary/aromatic N) is 6. The van der Waals surface area contributed by atoms with E-state index in [1.165, 1.54) is 4.41 Å². The summed E-state index contributed by atoms with van der Waals surface area (Å²) in [6.07, 6.45) is 6.62. The van der Waals surface area contributed by atoms with Crippen molar-refractivity contribution in [3.63, 3.8) is 0 Å². The quantitative estimate of drug-likeness (QED) is 0.281. The average Bonchev–Trinajstić information content (AvgIpc) is 3.28. The molecule has 0 radical (unpaired) electrons. The van der Waals surface area contributed by atoms with E-state index in [9.17, 15) is 13.5 Å². The Bertz CT molecular complexity index is 1200. The third-order valence-electron chi connectivity index (χ3n) is 6.20. The third kappa shape index (κ3) is 5.89. The lowest BCUT2D eigenvalue weighted by molar-refractivity contribution is 0.0630. The van der Waals surface area contributed by atoms with E-state index < -0.39 is 10.9 Å². The lowest BCUT2D eigenvalue weighted by Gasteiger charge is -2.36. The van der Waals surface area contributed by atoms with Crippen molar-refractivity contribution in [2.45, 2.75) is 44.7 Å². The van der Waals surface area contributed by atoms with Crippen LogP contribution in [0.1, 0.15) is 32.6 Å². The number of hydrazine groups is 1. The maximum absolute atomic E-state index is 11.6. The Morgan fingerprint density at radius 1 is 1.23 bits per heavy atom. The molecule has 2 N–H and O–H groups in total. The monoisotopic (exact) mass is 503 g/mol. The van der Waals surface area contributed by atoms with Crippen LogP contribution in [0.15, 0.2) is 36.7 Å². The second-order valence-electron chi connectivity index (χ2n) is 9.14. The fourth-order valence-electron chi connectivity index (χ4n) is 4.39. The molecule has 0 bridgehead atoms. The fraction of sp³-hybridized carbons (Fsp3) is 0.522. The van der Waals surface area contributed by atoms with Crippen LogP contribution in [0, 0.1) is 5.92 Å². The van der Waals surface area contributed by atoms with Crippen LogP contribution in [-0.2, 0) is 10.9 Å². The Kier molecular flexibility index (Phi) is 8.16. The topological polar surface area (TPSA) is 126 Å². The second kappa shape index (κ2) is 11.3. The summed E-state index contributed by atoms with van der Waals surface area (Å²) >= 11 is 0. The molecule has 1 fully saturated rings. The lowest BCUT2D eigenvalue weighted by Crippen LogP contribution is -2.46. The van der Waals surface area contributed by atoms with E-state index in [4.69, 9.17) is 4.74 Å². The fourth-order valence-corrected chi connectivity index (χ4v) is 5.18. The van der Waals surface area contributed by atoms with Crippen LogP contribution < -0.4 is 10.1 Å². The van der Waals surface area contributed by atoms with Gasteiger partial charge >= 0.3 is 0 Å². The van der Waals surface area contributed by atoms with Gasteiger partial charge in [0.15, 0.2) is 5.82 Å². The van der Waals surface area contributed by atoms with Gasteiger partial charge < -0.3 is 15.2 Å². The van der Waals surface area contributed by atoms with Gasteiger partial charge in [-0.15, -0.1) is 4.41 Å². The first-order valence-corrected chi connectivity index (χ1v) is 12.9. The highest BCUT2D eigenvalue weighted by molar-refractivity contribution is 7.69. The largest absolute Gasteiger partial charge is 0.492 e. The van der Waals surface area contributed by atoms with Crippen LogP contribution in [0.3, 0.4) is 0 Å². The second-order valence-corrected chi connectivity index (χ2v) is 10.0. The molecule has 1 atom stereocenters. The van der Waals surface area contributed by atoms with E-state index in [-0.39, 0.29) is 24.6 Å². The maximum atomic E-state index is 11.6. The minimum Gasteiger partial charge on any atom is -0.492 e. The maximum Gasteiger partial charge on any atom is 0.224 e. The van der Waals surface area contributed by atoms with Crippen molar-refractivity contribution in [3.8, 4) is 11.6 Å². The van der Waals surface area contributed by atoms with Crippen LogP contribution >= 0.6 is 0 Å². The van der Waals surface area contributed by atoms with Crippen LogP contribution in [0.2, 0.25) is 0 Å². The first-order valence-electron chi connectivity index (χ1n) is 11.8. The van der Waals surface area contributed by atoms with E-state index in [1.807, 2.05) is 25.1 Å². The summed E-state index contributed by atoms with van der Waals surface area (Å²) in [7, 11) is 0.843. The van der Waals surface area contributed by atoms with Crippen LogP contribution in [0.25, 0.3) is 16.7 Å². The first kappa shape index (κ1) is 25.3. The predicted octanol–water partition coefficient (Wildman–Crippen LogP) is 1.85. The molecule has 0 spiro atoms. The molecule has 1 aliphatic carbocycles. The third-order valence-corrected chi connectivity index (χ3v) is 7.22. The molecule has 0 saturated heterocycles. The van der Waals surface area contributed by atoms with Gasteiger partial charge in [-0.1, -0.05) is 13.0 Å². The number of fused-ring (bicyclic) bond motifs is 1. The lowest BCUT2D eigenvalue weighted by atomic mass is 9.91. The summed E-state index contributed by atoms with van der Waals surface area (Å²) in [5.74, 6) is 1.90. The standard InChI is InChI=1S/C23H33N7O4S/c1-16(14-31)15-34-21-6-4-5-20-19(21)13-25-29(20)22-11-12-24-23(27-22)26-17-7-9-18(10-8-17)30(28(2)3)35(32)33/h4-6,11-13,16-18,31,35H,7-10,14-15H2,1-3H3,(H,24,26,27). The smallest absolute Gasteiger partial charge is 0.224 e. The van der Waals surface area contributed by atoms with Crippen molar-refractivity contribution in [2.24, 2.45) is 5.92 Å². The number of hydrogen-bond acceptors (Lipinski definition) is 9. The number of anilines is 1. The molecule has 0 amide bonds.